The highest BCUT2D eigenvalue weighted by Gasteiger charge is 2.31. The summed E-state index contributed by atoms with van der Waals surface area (Å²) >= 11 is 5.88. The largest absolute Gasteiger partial charge is 0.364 e. The SMILES string of the molecule is CC(C)CNc1nc(C2CC2)nc(Cl)c1[N+](=O)[O-]. The number of anilines is 1. The van der Waals surface area contributed by atoms with Gasteiger partial charge in [-0.05, 0) is 18.8 Å². The number of nitrogens with zero attached hydrogens (tertiary/aromatic N) is 3. The molecular weight excluding hydrogens is 256 g/mol. The van der Waals surface area contributed by atoms with Gasteiger partial charge in [0.15, 0.2) is 0 Å². The highest BCUT2D eigenvalue weighted by molar-refractivity contribution is 6.31. The molecule has 18 heavy (non-hydrogen) atoms. The second-order valence-electron chi connectivity index (χ2n) is 4.88. The molecule has 1 heterocycles. The van der Waals surface area contributed by atoms with Crippen molar-refractivity contribution in [2.75, 3.05) is 11.9 Å². The molecule has 0 aromatic carbocycles. The zero-order chi connectivity index (χ0) is 13.3. The Morgan fingerprint density at radius 2 is 2.17 bits per heavy atom. The number of hydrogen-bond donors (Lipinski definition) is 1. The minimum atomic E-state index is -0.540. The molecule has 0 atom stereocenters. The lowest BCUT2D eigenvalue weighted by atomic mass is 10.2. The van der Waals surface area contributed by atoms with Gasteiger partial charge in [-0.15, -0.1) is 0 Å². The maximum absolute atomic E-state index is 11.0. The predicted octanol–water partition coefficient (Wildman–Crippen LogP) is 2.98. The van der Waals surface area contributed by atoms with Crippen molar-refractivity contribution in [1.82, 2.24) is 9.97 Å². The van der Waals surface area contributed by atoms with Crippen LogP contribution < -0.4 is 5.32 Å². The molecule has 0 saturated heterocycles. The second kappa shape index (κ2) is 5.06. The number of nitrogens with one attached hydrogen (secondary N) is 1. The van der Waals surface area contributed by atoms with E-state index in [1.165, 1.54) is 0 Å². The molecule has 0 unspecified atom stereocenters. The Morgan fingerprint density at radius 1 is 1.50 bits per heavy atom. The Balaban J connectivity index is 2.34. The maximum Gasteiger partial charge on any atom is 0.348 e. The molecule has 0 bridgehead atoms. The number of halogens is 1. The summed E-state index contributed by atoms with van der Waals surface area (Å²) in [5.74, 6) is 1.51. The van der Waals surface area contributed by atoms with Crippen molar-refractivity contribution >= 4 is 23.1 Å². The summed E-state index contributed by atoms with van der Waals surface area (Å²) in [7, 11) is 0. The molecule has 0 amide bonds. The van der Waals surface area contributed by atoms with Gasteiger partial charge < -0.3 is 5.32 Å². The van der Waals surface area contributed by atoms with E-state index in [1.54, 1.807) is 0 Å². The smallest absolute Gasteiger partial charge is 0.348 e. The van der Waals surface area contributed by atoms with Crippen LogP contribution in [0.15, 0.2) is 0 Å². The third kappa shape index (κ3) is 2.87. The van der Waals surface area contributed by atoms with Gasteiger partial charge in [0, 0.05) is 12.5 Å². The van der Waals surface area contributed by atoms with Gasteiger partial charge in [0.1, 0.15) is 5.82 Å². The lowest BCUT2D eigenvalue weighted by molar-refractivity contribution is -0.384. The summed E-state index contributed by atoms with van der Waals surface area (Å²) in [6.45, 7) is 4.64. The fraction of sp³-hybridized carbons (Fsp3) is 0.636. The molecule has 1 aromatic heterocycles. The normalized spacial score (nSPS) is 14.9. The number of hydrogen-bond acceptors (Lipinski definition) is 5. The molecule has 0 spiro atoms. The van der Waals surface area contributed by atoms with Crippen molar-refractivity contribution in [2.24, 2.45) is 5.92 Å². The summed E-state index contributed by atoms with van der Waals surface area (Å²) in [4.78, 5) is 18.7. The fourth-order valence-electron chi connectivity index (χ4n) is 1.55. The Labute approximate surface area is 110 Å². The van der Waals surface area contributed by atoms with Gasteiger partial charge in [-0.1, -0.05) is 25.4 Å². The van der Waals surface area contributed by atoms with E-state index in [4.69, 9.17) is 11.6 Å². The molecule has 98 valence electrons. The summed E-state index contributed by atoms with van der Waals surface area (Å²) in [5, 5.41) is 13.9. The fourth-order valence-corrected chi connectivity index (χ4v) is 1.80. The monoisotopic (exact) mass is 270 g/mol. The van der Waals surface area contributed by atoms with E-state index in [0.29, 0.717) is 24.2 Å². The van der Waals surface area contributed by atoms with Gasteiger partial charge in [-0.2, -0.15) is 0 Å². The van der Waals surface area contributed by atoms with Crippen LogP contribution in [0.1, 0.15) is 38.4 Å². The summed E-state index contributed by atoms with van der Waals surface area (Å²) in [6.07, 6.45) is 2.05. The second-order valence-corrected chi connectivity index (χ2v) is 5.23. The molecule has 1 aromatic rings. The average molecular weight is 271 g/mol. The number of rotatable bonds is 5. The van der Waals surface area contributed by atoms with E-state index in [1.807, 2.05) is 13.8 Å². The maximum atomic E-state index is 11.0. The van der Waals surface area contributed by atoms with Gasteiger partial charge in [0.25, 0.3) is 0 Å². The van der Waals surface area contributed by atoms with E-state index in [-0.39, 0.29) is 16.7 Å². The molecule has 2 rings (SSSR count). The first-order valence-corrected chi connectivity index (χ1v) is 6.32. The minimum absolute atomic E-state index is 0.0804. The molecular formula is C11H15ClN4O2. The number of aromatic nitrogens is 2. The zero-order valence-electron chi connectivity index (χ0n) is 10.3. The van der Waals surface area contributed by atoms with Crippen LogP contribution in [0, 0.1) is 16.0 Å². The molecule has 0 radical (unpaired) electrons. The van der Waals surface area contributed by atoms with Gasteiger partial charge in [-0.3, -0.25) is 10.1 Å². The molecule has 1 aliphatic rings. The van der Waals surface area contributed by atoms with Crippen molar-refractivity contribution < 1.29 is 4.92 Å². The topological polar surface area (TPSA) is 81.0 Å². The Bertz CT molecular complexity index is 474. The summed E-state index contributed by atoms with van der Waals surface area (Å²) in [5.41, 5.74) is -0.235. The van der Waals surface area contributed by atoms with Crippen LogP contribution in [0.5, 0.6) is 0 Å². The number of nitro groups is 1. The van der Waals surface area contributed by atoms with E-state index in [9.17, 15) is 10.1 Å². The Hall–Kier alpha value is -1.43. The van der Waals surface area contributed by atoms with E-state index in [2.05, 4.69) is 15.3 Å². The van der Waals surface area contributed by atoms with Crippen LogP contribution in [0.25, 0.3) is 0 Å². The zero-order valence-corrected chi connectivity index (χ0v) is 11.1. The molecule has 0 aliphatic heterocycles. The van der Waals surface area contributed by atoms with Crippen molar-refractivity contribution in [3.05, 3.63) is 21.1 Å². The van der Waals surface area contributed by atoms with Crippen LogP contribution >= 0.6 is 11.6 Å². The quantitative estimate of drug-likeness (QED) is 0.505. The molecule has 6 nitrogen and oxygen atoms in total. The first-order chi connectivity index (χ1) is 8.49. The first-order valence-electron chi connectivity index (χ1n) is 5.94. The van der Waals surface area contributed by atoms with Crippen LogP contribution in [-0.4, -0.2) is 21.4 Å². The first kappa shape index (κ1) is 13.0. The van der Waals surface area contributed by atoms with E-state index < -0.39 is 4.92 Å². The lowest BCUT2D eigenvalue weighted by Crippen LogP contribution is -2.13. The third-order valence-electron chi connectivity index (χ3n) is 2.66. The van der Waals surface area contributed by atoms with Gasteiger partial charge in [-0.25, -0.2) is 9.97 Å². The van der Waals surface area contributed by atoms with Crippen LogP contribution in [0.4, 0.5) is 11.5 Å². The minimum Gasteiger partial charge on any atom is -0.364 e. The highest BCUT2D eigenvalue weighted by atomic mass is 35.5. The van der Waals surface area contributed by atoms with Crippen molar-refractivity contribution in [3.63, 3.8) is 0 Å². The standard InChI is InChI=1S/C11H15ClN4O2/c1-6(2)5-13-11-8(16(17)18)9(12)14-10(15-11)7-3-4-7/h6-7H,3-5H2,1-2H3,(H,13,14,15). The van der Waals surface area contributed by atoms with Gasteiger partial charge in [0.05, 0.1) is 4.92 Å². The van der Waals surface area contributed by atoms with E-state index >= 15 is 0 Å². The molecule has 1 fully saturated rings. The van der Waals surface area contributed by atoms with Crippen LogP contribution in [-0.2, 0) is 0 Å². The molecule has 7 heteroatoms. The molecule has 1 N–H and O–H groups in total. The van der Waals surface area contributed by atoms with Crippen molar-refractivity contribution in [3.8, 4) is 0 Å². The van der Waals surface area contributed by atoms with Crippen LogP contribution in [0.2, 0.25) is 5.15 Å². The Morgan fingerprint density at radius 3 is 2.67 bits per heavy atom. The average Bonchev–Trinajstić information content (AvgIpc) is 3.08. The van der Waals surface area contributed by atoms with Gasteiger partial charge in [0.2, 0.25) is 11.0 Å². The Kier molecular flexibility index (Phi) is 3.65. The lowest BCUT2D eigenvalue weighted by Gasteiger charge is -2.10. The van der Waals surface area contributed by atoms with E-state index in [0.717, 1.165) is 12.8 Å². The van der Waals surface area contributed by atoms with Crippen molar-refractivity contribution in [1.29, 1.82) is 0 Å². The van der Waals surface area contributed by atoms with Gasteiger partial charge >= 0.3 is 5.69 Å². The van der Waals surface area contributed by atoms with Crippen LogP contribution in [0.3, 0.4) is 0 Å². The van der Waals surface area contributed by atoms with Crippen molar-refractivity contribution in [2.45, 2.75) is 32.6 Å². The summed E-state index contributed by atoms with van der Waals surface area (Å²) < 4.78 is 0. The molecule has 1 saturated carbocycles. The summed E-state index contributed by atoms with van der Waals surface area (Å²) in [6, 6.07) is 0. The highest BCUT2D eigenvalue weighted by Crippen LogP contribution is 2.41. The third-order valence-corrected chi connectivity index (χ3v) is 2.93. The molecule has 1 aliphatic carbocycles. The predicted molar refractivity (Wildman–Crippen MR) is 69.0 cm³/mol.